The molecule has 0 bridgehead atoms. The van der Waals surface area contributed by atoms with Gasteiger partial charge in [0.15, 0.2) is 5.82 Å². The van der Waals surface area contributed by atoms with Crippen LogP contribution in [0.25, 0.3) is 5.69 Å². The third kappa shape index (κ3) is 2.26. The number of hydrogen-bond donors (Lipinski definition) is 1. The minimum atomic E-state index is -1.20. The molecule has 0 atom stereocenters. The van der Waals surface area contributed by atoms with E-state index in [9.17, 15) is 9.18 Å². The van der Waals surface area contributed by atoms with Gasteiger partial charge in [-0.2, -0.15) is 5.10 Å². The van der Waals surface area contributed by atoms with Crippen LogP contribution >= 0.6 is 27.5 Å². The summed E-state index contributed by atoms with van der Waals surface area (Å²) in [4.78, 5) is 10.9. The van der Waals surface area contributed by atoms with Crippen LogP contribution in [0.15, 0.2) is 16.6 Å². The second kappa shape index (κ2) is 4.94. The SMILES string of the molecule is Cc1nn(-c2ccc(C(=O)O)c(Br)c2F)c(C)c1Cl. The van der Waals surface area contributed by atoms with E-state index in [4.69, 9.17) is 16.7 Å². The molecule has 0 aliphatic heterocycles. The average molecular weight is 348 g/mol. The molecule has 0 amide bonds. The number of aryl methyl sites for hydroxylation is 1. The van der Waals surface area contributed by atoms with Crippen LogP contribution < -0.4 is 0 Å². The summed E-state index contributed by atoms with van der Waals surface area (Å²) in [5.74, 6) is -1.90. The van der Waals surface area contributed by atoms with E-state index in [0.29, 0.717) is 16.4 Å². The van der Waals surface area contributed by atoms with E-state index in [1.165, 1.54) is 16.8 Å². The molecule has 1 heterocycles. The first kappa shape index (κ1) is 14.0. The lowest BCUT2D eigenvalue weighted by Crippen LogP contribution is -2.06. The van der Waals surface area contributed by atoms with Gasteiger partial charge in [0.05, 0.1) is 26.4 Å². The highest BCUT2D eigenvalue weighted by Crippen LogP contribution is 2.29. The fourth-order valence-electron chi connectivity index (χ4n) is 1.73. The molecule has 1 N–H and O–H groups in total. The first-order valence-corrected chi connectivity index (χ1v) is 6.45. The number of rotatable bonds is 2. The minimum Gasteiger partial charge on any atom is -0.478 e. The van der Waals surface area contributed by atoms with E-state index < -0.39 is 11.8 Å². The van der Waals surface area contributed by atoms with Crippen LogP contribution in [0, 0.1) is 19.7 Å². The Balaban J connectivity index is 2.67. The van der Waals surface area contributed by atoms with Gasteiger partial charge in [-0.15, -0.1) is 0 Å². The summed E-state index contributed by atoms with van der Waals surface area (Å²) in [5, 5.41) is 13.5. The highest BCUT2D eigenvalue weighted by atomic mass is 79.9. The van der Waals surface area contributed by atoms with Crippen molar-refractivity contribution < 1.29 is 14.3 Å². The Morgan fingerprint density at radius 1 is 1.47 bits per heavy atom. The highest BCUT2D eigenvalue weighted by Gasteiger charge is 2.19. The molecular weight excluding hydrogens is 338 g/mol. The van der Waals surface area contributed by atoms with Gasteiger partial charge in [0.1, 0.15) is 5.69 Å². The van der Waals surface area contributed by atoms with E-state index in [1.807, 2.05) is 0 Å². The first-order chi connectivity index (χ1) is 8.84. The lowest BCUT2D eigenvalue weighted by atomic mass is 10.2. The van der Waals surface area contributed by atoms with E-state index in [0.717, 1.165) is 0 Å². The Morgan fingerprint density at radius 3 is 2.58 bits per heavy atom. The van der Waals surface area contributed by atoms with Crippen molar-refractivity contribution in [3.05, 3.63) is 44.4 Å². The number of hydrogen-bond acceptors (Lipinski definition) is 2. The third-order valence-corrected chi connectivity index (χ3v) is 4.05. The molecule has 2 aromatic rings. The largest absolute Gasteiger partial charge is 0.478 e. The molecule has 0 aliphatic rings. The van der Waals surface area contributed by atoms with Gasteiger partial charge >= 0.3 is 5.97 Å². The molecule has 1 aromatic heterocycles. The Labute approximate surface area is 121 Å². The highest BCUT2D eigenvalue weighted by molar-refractivity contribution is 9.10. The second-order valence-corrected chi connectivity index (χ2v) is 5.13. The molecule has 0 spiro atoms. The van der Waals surface area contributed by atoms with Crippen LogP contribution in [0.1, 0.15) is 21.7 Å². The number of benzene rings is 1. The summed E-state index contributed by atoms with van der Waals surface area (Å²) in [7, 11) is 0. The Bertz CT molecular complexity index is 685. The summed E-state index contributed by atoms with van der Waals surface area (Å²) in [5.41, 5.74) is 1.17. The van der Waals surface area contributed by atoms with Gasteiger partial charge in [0.25, 0.3) is 0 Å². The standard InChI is InChI=1S/C12H9BrClFN2O2/c1-5-10(14)6(2)17(16-5)8-4-3-7(12(18)19)9(13)11(8)15/h3-4H,1-2H3,(H,18,19). The Morgan fingerprint density at radius 2 is 2.11 bits per heavy atom. The molecule has 0 unspecified atom stereocenters. The Hall–Kier alpha value is -1.40. The fourth-order valence-corrected chi connectivity index (χ4v) is 2.35. The number of nitrogens with zero attached hydrogens (tertiary/aromatic N) is 2. The van der Waals surface area contributed by atoms with Gasteiger partial charge in [0, 0.05) is 0 Å². The molecule has 0 saturated heterocycles. The van der Waals surface area contributed by atoms with Gasteiger partial charge in [-0.25, -0.2) is 13.9 Å². The van der Waals surface area contributed by atoms with E-state index >= 15 is 0 Å². The third-order valence-electron chi connectivity index (χ3n) is 2.72. The van der Waals surface area contributed by atoms with Crippen molar-refractivity contribution in [2.45, 2.75) is 13.8 Å². The normalized spacial score (nSPS) is 10.8. The zero-order valence-electron chi connectivity index (χ0n) is 10.0. The predicted octanol–water partition coefficient (Wildman–Crippen LogP) is 3.74. The number of aromatic carboxylic acids is 1. The van der Waals surface area contributed by atoms with Crippen molar-refractivity contribution in [2.75, 3.05) is 0 Å². The van der Waals surface area contributed by atoms with Gasteiger partial charge in [-0.1, -0.05) is 11.6 Å². The number of carbonyl (C=O) groups is 1. The molecule has 100 valence electrons. The van der Waals surface area contributed by atoms with Gasteiger partial charge in [0.2, 0.25) is 0 Å². The van der Waals surface area contributed by atoms with Crippen LogP contribution in [0.2, 0.25) is 5.02 Å². The summed E-state index contributed by atoms with van der Waals surface area (Å²) in [6, 6.07) is 2.68. The zero-order valence-corrected chi connectivity index (χ0v) is 12.4. The predicted molar refractivity (Wildman–Crippen MR) is 72.7 cm³/mol. The molecule has 0 aliphatic carbocycles. The lowest BCUT2D eigenvalue weighted by molar-refractivity contribution is 0.0695. The average Bonchev–Trinajstić information content (AvgIpc) is 2.60. The summed E-state index contributed by atoms with van der Waals surface area (Å²) < 4.78 is 15.5. The van der Waals surface area contributed by atoms with Crippen molar-refractivity contribution in [3.8, 4) is 5.69 Å². The number of carboxylic acids is 1. The molecule has 2 rings (SSSR count). The van der Waals surface area contributed by atoms with Crippen molar-refractivity contribution in [2.24, 2.45) is 0 Å². The summed E-state index contributed by atoms with van der Waals surface area (Å²) in [6.45, 7) is 3.42. The first-order valence-electron chi connectivity index (χ1n) is 5.28. The Kier molecular flexibility index (Phi) is 3.64. The maximum absolute atomic E-state index is 14.2. The smallest absolute Gasteiger partial charge is 0.336 e. The maximum atomic E-state index is 14.2. The second-order valence-electron chi connectivity index (χ2n) is 3.96. The van der Waals surface area contributed by atoms with E-state index in [-0.39, 0.29) is 15.7 Å². The summed E-state index contributed by atoms with van der Waals surface area (Å²) in [6.07, 6.45) is 0. The minimum absolute atomic E-state index is 0.110. The van der Waals surface area contributed by atoms with Gasteiger partial charge in [-0.05, 0) is 41.9 Å². The molecule has 1 aromatic carbocycles. The van der Waals surface area contributed by atoms with Crippen molar-refractivity contribution in [1.82, 2.24) is 9.78 Å². The van der Waals surface area contributed by atoms with Crippen molar-refractivity contribution in [1.29, 1.82) is 0 Å². The number of carboxylic acid groups (broad SMARTS) is 1. The van der Waals surface area contributed by atoms with Crippen LogP contribution in [0.5, 0.6) is 0 Å². The van der Waals surface area contributed by atoms with Crippen molar-refractivity contribution >= 4 is 33.5 Å². The van der Waals surface area contributed by atoms with Crippen LogP contribution in [0.4, 0.5) is 4.39 Å². The molecule has 0 radical (unpaired) electrons. The topological polar surface area (TPSA) is 55.1 Å². The lowest BCUT2D eigenvalue weighted by Gasteiger charge is -2.09. The van der Waals surface area contributed by atoms with Crippen LogP contribution in [-0.2, 0) is 0 Å². The van der Waals surface area contributed by atoms with Crippen molar-refractivity contribution in [3.63, 3.8) is 0 Å². The molecule has 0 saturated carbocycles. The van der Waals surface area contributed by atoms with Crippen LogP contribution in [-0.4, -0.2) is 20.9 Å². The maximum Gasteiger partial charge on any atom is 0.336 e. The molecular formula is C12H9BrClFN2O2. The van der Waals surface area contributed by atoms with Gasteiger partial charge < -0.3 is 5.11 Å². The number of aromatic nitrogens is 2. The molecule has 4 nitrogen and oxygen atoms in total. The quantitative estimate of drug-likeness (QED) is 0.900. The van der Waals surface area contributed by atoms with E-state index in [1.54, 1.807) is 13.8 Å². The number of halogens is 3. The fraction of sp³-hybridized carbons (Fsp3) is 0.167. The van der Waals surface area contributed by atoms with Gasteiger partial charge in [-0.3, -0.25) is 0 Å². The summed E-state index contributed by atoms with van der Waals surface area (Å²) >= 11 is 8.96. The van der Waals surface area contributed by atoms with E-state index in [2.05, 4.69) is 21.0 Å². The zero-order chi connectivity index (χ0) is 14.3. The molecule has 0 fully saturated rings. The van der Waals surface area contributed by atoms with Crippen LogP contribution in [0.3, 0.4) is 0 Å². The molecule has 19 heavy (non-hydrogen) atoms. The molecule has 7 heteroatoms. The monoisotopic (exact) mass is 346 g/mol.